The third-order valence-corrected chi connectivity index (χ3v) is 3.63. The fraction of sp³-hybridized carbons (Fsp3) is 1.00. The molecule has 2 aliphatic rings. The molecule has 13 heavy (non-hydrogen) atoms. The predicted octanol–water partition coefficient (Wildman–Crippen LogP) is 1.61. The lowest BCUT2D eigenvalue weighted by atomic mass is 9.95. The number of likely N-dealkylation sites (tertiary alicyclic amines) is 1. The SMILES string of the molecule is CCN1CCCCC1C1CCCN1. The van der Waals surface area contributed by atoms with Crippen molar-refractivity contribution in [2.24, 2.45) is 0 Å². The van der Waals surface area contributed by atoms with Crippen LogP contribution in [0.25, 0.3) is 0 Å². The van der Waals surface area contributed by atoms with Gasteiger partial charge in [-0.2, -0.15) is 0 Å². The average Bonchev–Trinajstić information content (AvgIpc) is 2.70. The zero-order valence-electron chi connectivity index (χ0n) is 8.76. The van der Waals surface area contributed by atoms with E-state index in [0.29, 0.717) is 0 Å². The van der Waals surface area contributed by atoms with E-state index in [0.717, 1.165) is 12.1 Å². The molecule has 0 radical (unpaired) electrons. The summed E-state index contributed by atoms with van der Waals surface area (Å²) in [5.41, 5.74) is 0. The predicted molar refractivity (Wildman–Crippen MR) is 55.9 cm³/mol. The van der Waals surface area contributed by atoms with Gasteiger partial charge in [0.25, 0.3) is 0 Å². The molecule has 2 rings (SSSR count). The molecule has 76 valence electrons. The normalized spacial score (nSPS) is 36.7. The quantitative estimate of drug-likeness (QED) is 0.698. The molecule has 0 spiro atoms. The van der Waals surface area contributed by atoms with Crippen LogP contribution in [0, 0.1) is 0 Å². The van der Waals surface area contributed by atoms with Crippen LogP contribution in [0.3, 0.4) is 0 Å². The van der Waals surface area contributed by atoms with E-state index >= 15 is 0 Å². The number of nitrogens with one attached hydrogen (secondary N) is 1. The summed E-state index contributed by atoms with van der Waals surface area (Å²) in [6.07, 6.45) is 7.07. The molecular formula is C11H22N2. The van der Waals surface area contributed by atoms with Crippen LogP contribution >= 0.6 is 0 Å². The standard InChI is InChI=1S/C11H22N2/c1-2-13-9-4-3-7-11(13)10-6-5-8-12-10/h10-12H,2-9H2,1H3. The first-order valence-corrected chi connectivity index (χ1v) is 5.89. The van der Waals surface area contributed by atoms with Crippen LogP contribution in [0.15, 0.2) is 0 Å². The van der Waals surface area contributed by atoms with Crippen LogP contribution in [-0.4, -0.2) is 36.6 Å². The van der Waals surface area contributed by atoms with Gasteiger partial charge in [-0.1, -0.05) is 13.3 Å². The molecule has 2 heteroatoms. The summed E-state index contributed by atoms with van der Waals surface area (Å²) in [4.78, 5) is 2.67. The number of nitrogens with zero attached hydrogens (tertiary/aromatic N) is 1. The smallest absolute Gasteiger partial charge is 0.0249 e. The van der Waals surface area contributed by atoms with Crippen molar-refractivity contribution in [3.05, 3.63) is 0 Å². The molecular weight excluding hydrogens is 160 g/mol. The number of rotatable bonds is 2. The molecule has 2 unspecified atom stereocenters. The first-order chi connectivity index (χ1) is 6.42. The van der Waals surface area contributed by atoms with E-state index < -0.39 is 0 Å². The highest BCUT2D eigenvalue weighted by Gasteiger charge is 2.30. The topological polar surface area (TPSA) is 15.3 Å². The number of piperidine rings is 1. The maximum absolute atomic E-state index is 3.65. The first kappa shape index (κ1) is 9.47. The van der Waals surface area contributed by atoms with E-state index in [-0.39, 0.29) is 0 Å². The molecule has 0 aromatic carbocycles. The summed E-state index contributed by atoms with van der Waals surface area (Å²) in [5, 5.41) is 3.65. The minimum atomic E-state index is 0.806. The van der Waals surface area contributed by atoms with Crippen LogP contribution in [0.1, 0.15) is 39.0 Å². The molecule has 2 heterocycles. The maximum Gasteiger partial charge on any atom is 0.0249 e. The zero-order valence-corrected chi connectivity index (χ0v) is 8.76. The molecule has 0 aromatic rings. The lowest BCUT2D eigenvalue weighted by molar-refractivity contribution is 0.127. The molecule has 0 saturated carbocycles. The zero-order chi connectivity index (χ0) is 9.10. The van der Waals surface area contributed by atoms with Gasteiger partial charge in [-0.25, -0.2) is 0 Å². The van der Waals surface area contributed by atoms with Gasteiger partial charge < -0.3 is 5.32 Å². The maximum atomic E-state index is 3.65. The van der Waals surface area contributed by atoms with Gasteiger partial charge in [0.15, 0.2) is 0 Å². The molecule has 2 saturated heterocycles. The second kappa shape index (κ2) is 4.43. The van der Waals surface area contributed by atoms with E-state index in [9.17, 15) is 0 Å². The lowest BCUT2D eigenvalue weighted by Gasteiger charge is -2.38. The van der Waals surface area contributed by atoms with Gasteiger partial charge in [0.05, 0.1) is 0 Å². The van der Waals surface area contributed by atoms with Crippen LogP contribution in [0.2, 0.25) is 0 Å². The van der Waals surface area contributed by atoms with E-state index in [1.54, 1.807) is 0 Å². The van der Waals surface area contributed by atoms with Gasteiger partial charge in [-0.05, 0) is 45.3 Å². The highest BCUT2D eigenvalue weighted by Crippen LogP contribution is 2.23. The van der Waals surface area contributed by atoms with E-state index in [2.05, 4.69) is 17.1 Å². The van der Waals surface area contributed by atoms with E-state index in [1.165, 1.54) is 51.7 Å². The molecule has 0 aliphatic carbocycles. The highest BCUT2D eigenvalue weighted by molar-refractivity contribution is 4.89. The van der Waals surface area contributed by atoms with E-state index in [1.807, 2.05) is 0 Å². The Bertz CT molecular complexity index is 150. The molecule has 0 bridgehead atoms. The summed E-state index contributed by atoms with van der Waals surface area (Å²) in [7, 11) is 0. The summed E-state index contributed by atoms with van der Waals surface area (Å²) in [5.74, 6) is 0. The Balaban J connectivity index is 1.93. The van der Waals surface area contributed by atoms with Crippen molar-refractivity contribution in [1.29, 1.82) is 0 Å². The van der Waals surface area contributed by atoms with Crippen molar-refractivity contribution >= 4 is 0 Å². The summed E-state index contributed by atoms with van der Waals surface area (Å²) in [6, 6.07) is 1.65. The second-order valence-corrected chi connectivity index (χ2v) is 4.39. The van der Waals surface area contributed by atoms with Crippen LogP contribution in [0.4, 0.5) is 0 Å². The average molecular weight is 182 g/mol. The first-order valence-electron chi connectivity index (χ1n) is 5.89. The van der Waals surface area contributed by atoms with Crippen molar-refractivity contribution in [1.82, 2.24) is 10.2 Å². The van der Waals surface area contributed by atoms with Gasteiger partial charge in [0.2, 0.25) is 0 Å². The fourth-order valence-corrected chi connectivity index (χ4v) is 2.90. The molecule has 2 nitrogen and oxygen atoms in total. The van der Waals surface area contributed by atoms with Gasteiger partial charge >= 0.3 is 0 Å². The summed E-state index contributed by atoms with van der Waals surface area (Å²) in [6.45, 7) is 6.12. The number of likely N-dealkylation sites (N-methyl/N-ethyl adjacent to an activating group) is 1. The largest absolute Gasteiger partial charge is 0.312 e. The molecule has 1 N–H and O–H groups in total. The van der Waals surface area contributed by atoms with Gasteiger partial charge in [-0.3, -0.25) is 4.90 Å². The van der Waals surface area contributed by atoms with Crippen molar-refractivity contribution < 1.29 is 0 Å². The van der Waals surface area contributed by atoms with Crippen molar-refractivity contribution in [3.8, 4) is 0 Å². The van der Waals surface area contributed by atoms with Crippen LogP contribution in [0.5, 0.6) is 0 Å². The highest BCUT2D eigenvalue weighted by atomic mass is 15.2. The number of hydrogen-bond acceptors (Lipinski definition) is 2. The third kappa shape index (κ3) is 2.05. The second-order valence-electron chi connectivity index (χ2n) is 4.39. The number of hydrogen-bond donors (Lipinski definition) is 1. The Kier molecular flexibility index (Phi) is 3.23. The van der Waals surface area contributed by atoms with Gasteiger partial charge in [0.1, 0.15) is 0 Å². The summed E-state index contributed by atoms with van der Waals surface area (Å²) < 4.78 is 0. The Labute approximate surface area is 81.7 Å². The van der Waals surface area contributed by atoms with Crippen LogP contribution in [-0.2, 0) is 0 Å². The van der Waals surface area contributed by atoms with Gasteiger partial charge in [-0.15, -0.1) is 0 Å². The van der Waals surface area contributed by atoms with Crippen LogP contribution < -0.4 is 5.32 Å². The Morgan fingerprint density at radius 2 is 2.15 bits per heavy atom. The fourth-order valence-electron chi connectivity index (χ4n) is 2.90. The molecule has 2 fully saturated rings. The Morgan fingerprint density at radius 1 is 1.23 bits per heavy atom. The lowest BCUT2D eigenvalue weighted by Crippen LogP contribution is -2.49. The van der Waals surface area contributed by atoms with E-state index in [4.69, 9.17) is 0 Å². The van der Waals surface area contributed by atoms with Gasteiger partial charge in [0, 0.05) is 12.1 Å². The molecule has 0 aromatic heterocycles. The molecule has 0 amide bonds. The Morgan fingerprint density at radius 3 is 2.85 bits per heavy atom. The minimum Gasteiger partial charge on any atom is -0.312 e. The summed E-state index contributed by atoms with van der Waals surface area (Å²) >= 11 is 0. The minimum absolute atomic E-state index is 0.806. The van der Waals surface area contributed by atoms with Crippen molar-refractivity contribution in [2.75, 3.05) is 19.6 Å². The third-order valence-electron chi connectivity index (χ3n) is 3.63. The monoisotopic (exact) mass is 182 g/mol. The van der Waals surface area contributed by atoms with Crippen molar-refractivity contribution in [2.45, 2.75) is 51.1 Å². The van der Waals surface area contributed by atoms with Crippen molar-refractivity contribution in [3.63, 3.8) is 0 Å². The Hall–Kier alpha value is -0.0800. The molecule has 2 aliphatic heterocycles. The molecule has 2 atom stereocenters.